The Bertz CT molecular complexity index is 483. The van der Waals surface area contributed by atoms with E-state index in [0.29, 0.717) is 9.67 Å². The minimum absolute atomic E-state index is 0.507. The van der Waals surface area contributed by atoms with E-state index >= 15 is 0 Å². The second-order valence-corrected chi connectivity index (χ2v) is 5.49. The first kappa shape index (κ1) is 10.8. The topological polar surface area (TPSA) is 40.5 Å². The molecule has 1 aromatic heterocycles. The van der Waals surface area contributed by atoms with Crippen molar-refractivity contribution in [2.24, 2.45) is 0 Å². The highest BCUT2D eigenvalue weighted by molar-refractivity contribution is 14.1. The largest absolute Gasteiger partial charge is 0.500 e. The summed E-state index contributed by atoms with van der Waals surface area (Å²) in [5.74, 6) is 0. The van der Waals surface area contributed by atoms with Gasteiger partial charge in [-0.15, -0.1) is 24.0 Å². The zero-order valence-corrected chi connectivity index (χ0v) is 10.8. The average Bonchev–Trinajstić information content (AvgIpc) is 2.45. The lowest BCUT2D eigenvalue weighted by atomic mass is 9.89. The number of hydrogen-bond acceptors (Lipinski definition) is 4. The number of halogens is 1. The first-order valence-corrected chi connectivity index (χ1v) is 6.21. The van der Waals surface area contributed by atoms with Crippen molar-refractivity contribution in [1.29, 1.82) is 0 Å². The maximum atomic E-state index is 9.11. The van der Waals surface area contributed by atoms with Crippen LogP contribution in [0.1, 0.15) is 0 Å². The van der Waals surface area contributed by atoms with E-state index in [1.165, 1.54) is 11.3 Å². The lowest BCUT2D eigenvalue weighted by Gasteiger charge is -1.96. The van der Waals surface area contributed by atoms with Gasteiger partial charge < -0.3 is 10.0 Å². The molecule has 0 amide bonds. The number of rotatable bonds is 1. The third kappa shape index (κ3) is 1.69. The molecule has 1 aromatic carbocycles. The van der Waals surface area contributed by atoms with Crippen LogP contribution in [0, 0.1) is 3.57 Å². The number of benzene rings is 1. The number of thiophene rings is 1. The van der Waals surface area contributed by atoms with Gasteiger partial charge in [0.25, 0.3) is 0 Å². The van der Waals surface area contributed by atoms with Crippen LogP contribution in [-0.2, 0) is 0 Å². The molecule has 0 bridgehead atoms. The lowest BCUT2D eigenvalue weighted by Crippen LogP contribution is -2.27. The van der Waals surface area contributed by atoms with Gasteiger partial charge in [0.2, 0.25) is 0 Å². The molecule has 0 radical (unpaired) electrons. The molecule has 6 heteroatoms. The van der Waals surface area contributed by atoms with Crippen LogP contribution in [0.25, 0.3) is 10.1 Å². The second kappa shape index (κ2) is 4.01. The van der Waals surface area contributed by atoms with E-state index in [2.05, 4.69) is 35.2 Å². The van der Waals surface area contributed by atoms with Crippen molar-refractivity contribution in [2.75, 3.05) is 0 Å². The van der Waals surface area contributed by atoms with Crippen molar-refractivity contribution in [3.63, 3.8) is 0 Å². The summed E-state index contributed by atoms with van der Waals surface area (Å²) in [4.78, 5) is 0.671. The minimum atomic E-state index is -1.43. The standard InChI is InChI=1S/C8H6BIO2S2/c10-4-2-1-3-5-6(4)7(13)8(14-5)9(11)12/h1-3,11-13H. The molecular weight excluding hydrogens is 330 g/mol. The summed E-state index contributed by atoms with van der Waals surface area (Å²) in [6, 6.07) is 5.87. The summed E-state index contributed by atoms with van der Waals surface area (Å²) in [7, 11) is -1.43. The summed E-state index contributed by atoms with van der Waals surface area (Å²) in [6.45, 7) is 0. The van der Waals surface area contributed by atoms with Crippen molar-refractivity contribution in [1.82, 2.24) is 0 Å². The van der Waals surface area contributed by atoms with Crippen molar-refractivity contribution < 1.29 is 10.0 Å². The van der Waals surface area contributed by atoms with Gasteiger partial charge in [0.1, 0.15) is 0 Å². The molecule has 0 unspecified atom stereocenters. The molecule has 2 rings (SSSR count). The maximum absolute atomic E-state index is 9.11. The lowest BCUT2D eigenvalue weighted by molar-refractivity contribution is 0.426. The predicted molar refractivity (Wildman–Crippen MR) is 71.6 cm³/mol. The van der Waals surface area contributed by atoms with Gasteiger partial charge in [0, 0.05) is 23.3 Å². The van der Waals surface area contributed by atoms with Gasteiger partial charge in [-0.25, -0.2) is 0 Å². The Morgan fingerprint density at radius 3 is 2.64 bits per heavy atom. The molecule has 0 aliphatic heterocycles. The summed E-state index contributed by atoms with van der Waals surface area (Å²) < 4.78 is 2.62. The molecular formula is C8H6BIO2S2. The number of hydrogen-bond donors (Lipinski definition) is 3. The van der Waals surface area contributed by atoms with Crippen molar-refractivity contribution in [2.45, 2.75) is 4.90 Å². The Hall–Kier alpha value is 0.245. The van der Waals surface area contributed by atoms with E-state index in [9.17, 15) is 0 Å². The Labute approximate surface area is 105 Å². The van der Waals surface area contributed by atoms with Gasteiger partial charge in [0.15, 0.2) is 0 Å². The molecule has 0 fully saturated rings. The maximum Gasteiger partial charge on any atom is 0.500 e. The molecule has 1 heterocycles. The van der Waals surface area contributed by atoms with Crippen LogP contribution in [-0.4, -0.2) is 17.2 Å². The fourth-order valence-corrected chi connectivity index (χ4v) is 4.02. The molecule has 0 saturated heterocycles. The quantitative estimate of drug-likeness (QED) is 0.419. The van der Waals surface area contributed by atoms with Crippen molar-refractivity contribution in [3.8, 4) is 0 Å². The zero-order valence-electron chi connectivity index (χ0n) is 6.94. The predicted octanol–water partition coefficient (Wildman–Crippen LogP) is 1.47. The third-order valence-electron chi connectivity index (χ3n) is 1.90. The Kier molecular flexibility index (Phi) is 3.08. The summed E-state index contributed by atoms with van der Waals surface area (Å²) in [5.41, 5.74) is 0. The van der Waals surface area contributed by atoms with E-state index in [-0.39, 0.29) is 0 Å². The van der Waals surface area contributed by atoms with E-state index in [1.807, 2.05) is 18.2 Å². The summed E-state index contributed by atoms with van der Waals surface area (Å²) in [5, 5.41) is 19.2. The number of fused-ring (bicyclic) bond motifs is 1. The highest BCUT2D eigenvalue weighted by Crippen LogP contribution is 2.30. The molecule has 0 saturated carbocycles. The molecule has 0 aliphatic carbocycles. The summed E-state index contributed by atoms with van der Waals surface area (Å²) in [6.07, 6.45) is 0. The number of thiol groups is 1. The smallest absolute Gasteiger partial charge is 0.423 e. The molecule has 0 aliphatic rings. The van der Waals surface area contributed by atoms with E-state index in [0.717, 1.165) is 13.7 Å². The fourth-order valence-electron chi connectivity index (χ4n) is 1.28. The minimum Gasteiger partial charge on any atom is -0.423 e. The average molecular weight is 336 g/mol. The molecule has 72 valence electrons. The molecule has 2 aromatic rings. The molecule has 0 spiro atoms. The van der Waals surface area contributed by atoms with Crippen LogP contribution >= 0.6 is 46.6 Å². The molecule has 2 N–H and O–H groups in total. The third-order valence-corrected chi connectivity index (χ3v) is 4.61. The van der Waals surface area contributed by atoms with Crippen LogP contribution in [0.3, 0.4) is 0 Å². The SMILES string of the molecule is OB(O)c1sc2cccc(I)c2c1S. The van der Waals surface area contributed by atoms with Crippen LogP contribution in [0.2, 0.25) is 0 Å². The van der Waals surface area contributed by atoms with Gasteiger partial charge in [-0.1, -0.05) is 6.07 Å². The van der Waals surface area contributed by atoms with Crippen LogP contribution in [0.15, 0.2) is 23.1 Å². The first-order valence-electron chi connectivity index (χ1n) is 3.87. The van der Waals surface area contributed by atoms with Gasteiger partial charge in [0.05, 0.1) is 0 Å². The molecule has 14 heavy (non-hydrogen) atoms. The Morgan fingerprint density at radius 1 is 1.36 bits per heavy atom. The highest BCUT2D eigenvalue weighted by atomic mass is 127. The summed E-state index contributed by atoms with van der Waals surface area (Å²) >= 11 is 7.89. The highest BCUT2D eigenvalue weighted by Gasteiger charge is 2.20. The second-order valence-electron chi connectivity index (χ2n) is 2.80. The van der Waals surface area contributed by atoms with Crippen molar-refractivity contribution in [3.05, 3.63) is 21.8 Å². The first-order chi connectivity index (χ1) is 6.61. The van der Waals surface area contributed by atoms with Crippen LogP contribution in [0.4, 0.5) is 0 Å². The normalized spacial score (nSPS) is 10.9. The van der Waals surface area contributed by atoms with E-state index in [4.69, 9.17) is 10.0 Å². The zero-order chi connectivity index (χ0) is 10.3. The van der Waals surface area contributed by atoms with Gasteiger partial charge in [-0.2, -0.15) is 0 Å². The van der Waals surface area contributed by atoms with E-state index in [1.54, 1.807) is 0 Å². The van der Waals surface area contributed by atoms with Gasteiger partial charge in [-0.05, 0) is 34.7 Å². The van der Waals surface area contributed by atoms with Crippen LogP contribution in [0.5, 0.6) is 0 Å². The van der Waals surface area contributed by atoms with E-state index < -0.39 is 7.12 Å². The Morgan fingerprint density at radius 2 is 2.07 bits per heavy atom. The fraction of sp³-hybridized carbons (Fsp3) is 0. The monoisotopic (exact) mass is 336 g/mol. The Balaban J connectivity index is 2.81. The molecule has 2 nitrogen and oxygen atoms in total. The molecule has 0 atom stereocenters. The van der Waals surface area contributed by atoms with Gasteiger partial charge >= 0.3 is 7.12 Å². The van der Waals surface area contributed by atoms with Crippen LogP contribution < -0.4 is 4.78 Å². The van der Waals surface area contributed by atoms with Gasteiger partial charge in [-0.3, -0.25) is 0 Å². The van der Waals surface area contributed by atoms with Crippen molar-refractivity contribution >= 4 is 68.5 Å².